The molecule has 1 fully saturated rings. The van der Waals surface area contributed by atoms with Gasteiger partial charge in [0.05, 0.1) is 13.2 Å². The van der Waals surface area contributed by atoms with Crippen molar-refractivity contribution >= 4 is 23.1 Å². The quantitative estimate of drug-likeness (QED) is 0.432. The van der Waals surface area contributed by atoms with E-state index in [-0.39, 0.29) is 46.3 Å². The second kappa shape index (κ2) is 6.78. The smallest absolute Gasteiger partial charge is 1.00 e. The Hall–Kier alpha value is 0.386. The fourth-order valence-corrected chi connectivity index (χ4v) is 1.11. The van der Waals surface area contributed by atoms with Gasteiger partial charge in [0.25, 0.3) is 0 Å². The van der Waals surface area contributed by atoms with Crippen LogP contribution < -0.4 is 17.0 Å². The molecule has 0 amide bonds. The van der Waals surface area contributed by atoms with Crippen molar-refractivity contribution in [3.63, 3.8) is 0 Å². The minimum Gasteiger partial charge on any atom is -1.00 e. The van der Waals surface area contributed by atoms with Crippen LogP contribution in [0.15, 0.2) is 24.3 Å². The first-order valence-corrected chi connectivity index (χ1v) is 3.66. The molecule has 0 aliphatic carbocycles. The van der Waals surface area contributed by atoms with Gasteiger partial charge in [-0.3, -0.25) is 0 Å². The molecule has 0 unspecified atom stereocenters. The van der Waals surface area contributed by atoms with Crippen molar-refractivity contribution in [3.05, 3.63) is 35.9 Å². The van der Waals surface area contributed by atoms with Crippen LogP contribution in [0.2, 0.25) is 0 Å². The Bertz CT molecular complexity index is 224. The third-order valence-corrected chi connectivity index (χ3v) is 1.64. The number of rotatable bonds is 1. The summed E-state index contributed by atoms with van der Waals surface area (Å²) in [6.07, 6.45) is -0.149. The van der Waals surface area contributed by atoms with Crippen LogP contribution in [0.4, 0.5) is 0 Å². The van der Waals surface area contributed by atoms with Crippen molar-refractivity contribution in [2.24, 2.45) is 0 Å². The summed E-state index contributed by atoms with van der Waals surface area (Å²) in [4.78, 5) is 0. The monoisotopic (exact) mass is 252 g/mol. The molecular formula is C9H9BrMgO2. The van der Waals surface area contributed by atoms with E-state index in [2.05, 4.69) is 6.07 Å². The Balaban J connectivity index is 0.000000720. The van der Waals surface area contributed by atoms with Gasteiger partial charge in [-0.2, -0.15) is 30.3 Å². The number of hydrogen-bond donors (Lipinski definition) is 0. The maximum atomic E-state index is 5.30. The largest absolute Gasteiger partial charge is 2.00 e. The molecule has 13 heavy (non-hydrogen) atoms. The topological polar surface area (TPSA) is 18.5 Å². The summed E-state index contributed by atoms with van der Waals surface area (Å²) >= 11 is 0. The van der Waals surface area contributed by atoms with Crippen LogP contribution in [0.25, 0.3) is 0 Å². The molecule has 1 saturated heterocycles. The van der Waals surface area contributed by atoms with E-state index in [1.807, 2.05) is 24.3 Å². The van der Waals surface area contributed by atoms with Gasteiger partial charge < -0.3 is 26.5 Å². The molecular weight excluding hydrogens is 244 g/mol. The zero-order valence-corrected chi connectivity index (χ0v) is 10.2. The van der Waals surface area contributed by atoms with Gasteiger partial charge in [0, 0.05) is 0 Å². The molecule has 2 nitrogen and oxygen atoms in total. The third-order valence-electron chi connectivity index (χ3n) is 1.64. The van der Waals surface area contributed by atoms with Gasteiger partial charge in [0.1, 0.15) is 0 Å². The summed E-state index contributed by atoms with van der Waals surface area (Å²) in [5, 5.41) is 0. The Morgan fingerprint density at radius 1 is 1.15 bits per heavy atom. The first-order valence-electron chi connectivity index (χ1n) is 3.66. The Kier molecular flexibility index (Phi) is 6.98. The summed E-state index contributed by atoms with van der Waals surface area (Å²) in [5.74, 6) is 0. The second-order valence-corrected chi connectivity index (χ2v) is 2.41. The van der Waals surface area contributed by atoms with Gasteiger partial charge in [-0.25, -0.2) is 0 Å². The summed E-state index contributed by atoms with van der Waals surface area (Å²) in [6, 6.07) is 10.6. The van der Waals surface area contributed by atoms with E-state index in [1.54, 1.807) is 0 Å². The van der Waals surface area contributed by atoms with Crippen molar-refractivity contribution in [1.82, 2.24) is 0 Å². The average molecular weight is 253 g/mol. The molecule has 0 bridgehead atoms. The van der Waals surface area contributed by atoms with Gasteiger partial charge in [-0.05, 0) is 0 Å². The van der Waals surface area contributed by atoms with Crippen LogP contribution >= 0.6 is 0 Å². The first kappa shape index (κ1) is 13.4. The van der Waals surface area contributed by atoms with Crippen LogP contribution in [0.1, 0.15) is 11.9 Å². The van der Waals surface area contributed by atoms with Crippen molar-refractivity contribution in [3.8, 4) is 0 Å². The maximum Gasteiger partial charge on any atom is 2.00 e. The Morgan fingerprint density at radius 2 is 1.69 bits per heavy atom. The fourth-order valence-electron chi connectivity index (χ4n) is 1.11. The van der Waals surface area contributed by atoms with Gasteiger partial charge >= 0.3 is 23.1 Å². The molecule has 66 valence electrons. The van der Waals surface area contributed by atoms with E-state index in [0.717, 1.165) is 5.56 Å². The maximum absolute atomic E-state index is 5.30. The molecule has 0 radical (unpaired) electrons. The van der Waals surface area contributed by atoms with Gasteiger partial charge in [-0.15, -0.1) is 5.56 Å². The summed E-state index contributed by atoms with van der Waals surface area (Å²) in [7, 11) is 0. The van der Waals surface area contributed by atoms with Crippen molar-refractivity contribution in [2.45, 2.75) is 6.29 Å². The van der Waals surface area contributed by atoms with Crippen LogP contribution in [0.5, 0.6) is 0 Å². The van der Waals surface area contributed by atoms with Crippen LogP contribution in [0.3, 0.4) is 0 Å². The van der Waals surface area contributed by atoms with Crippen LogP contribution in [-0.2, 0) is 9.47 Å². The SMILES string of the molecule is [Br-].[Mg+2].[c-]1ccc(C2OCCO2)cc1. The van der Waals surface area contributed by atoms with Crippen molar-refractivity contribution < 1.29 is 26.5 Å². The Labute approximate surface area is 105 Å². The van der Waals surface area contributed by atoms with E-state index >= 15 is 0 Å². The standard InChI is InChI=1S/C9H9O2.BrH.Mg/c1-2-4-8(5-3-1)9-10-6-7-11-9;;/h2-5,9H,6-7H2;1H;/q-1;;+2/p-1. The molecule has 0 N–H and O–H groups in total. The molecule has 0 atom stereocenters. The summed E-state index contributed by atoms with van der Waals surface area (Å²) < 4.78 is 10.6. The molecule has 2 rings (SSSR count). The minimum absolute atomic E-state index is 0. The number of halogens is 1. The zero-order valence-electron chi connectivity index (χ0n) is 7.20. The second-order valence-electron chi connectivity index (χ2n) is 2.41. The van der Waals surface area contributed by atoms with Crippen molar-refractivity contribution in [1.29, 1.82) is 0 Å². The van der Waals surface area contributed by atoms with E-state index < -0.39 is 0 Å². The average Bonchev–Trinajstić information content (AvgIpc) is 2.58. The molecule has 1 aromatic rings. The molecule has 1 heterocycles. The zero-order chi connectivity index (χ0) is 7.52. The van der Waals surface area contributed by atoms with E-state index in [0.29, 0.717) is 13.2 Å². The predicted octanol–water partition coefficient (Wildman–Crippen LogP) is -1.84. The van der Waals surface area contributed by atoms with E-state index in [4.69, 9.17) is 9.47 Å². The molecule has 1 aromatic carbocycles. The molecule has 4 heteroatoms. The van der Waals surface area contributed by atoms with Crippen molar-refractivity contribution in [2.75, 3.05) is 13.2 Å². The third kappa shape index (κ3) is 3.56. The normalized spacial score (nSPS) is 16.0. The number of hydrogen-bond acceptors (Lipinski definition) is 2. The minimum atomic E-state index is -0.149. The number of ether oxygens (including phenoxy) is 2. The molecule has 0 spiro atoms. The number of benzene rings is 1. The van der Waals surface area contributed by atoms with Gasteiger partial charge in [0.15, 0.2) is 6.29 Å². The predicted molar refractivity (Wildman–Crippen MR) is 45.7 cm³/mol. The van der Waals surface area contributed by atoms with Crippen LogP contribution in [0, 0.1) is 6.07 Å². The molecule has 1 aliphatic rings. The fraction of sp³-hybridized carbons (Fsp3) is 0.333. The van der Waals surface area contributed by atoms with Gasteiger partial charge in [0.2, 0.25) is 0 Å². The molecule has 0 saturated carbocycles. The van der Waals surface area contributed by atoms with E-state index in [9.17, 15) is 0 Å². The molecule has 1 aliphatic heterocycles. The molecule has 0 aromatic heterocycles. The first-order chi connectivity index (χ1) is 5.47. The van der Waals surface area contributed by atoms with Gasteiger partial charge in [-0.1, -0.05) is 0 Å². The van der Waals surface area contributed by atoms with E-state index in [1.165, 1.54) is 0 Å². The summed E-state index contributed by atoms with van der Waals surface area (Å²) in [5.41, 5.74) is 1.07. The van der Waals surface area contributed by atoms with Crippen LogP contribution in [-0.4, -0.2) is 36.3 Å². The Morgan fingerprint density at radius 3 is 2.23 bits per heavy atom. The summed E-state index contributed by atoms with van der Waals surface area (Å²) in [6.45, 7) is 1.40.